The van der Waals surface area contributed by atoms with Gasteiger partial charge in [-0.2, -0.15) is 0 Å². The van der Waals surface area contributed by atoms with Crippen LogP contribution in [0.15, 0.2) is 18.6 Å². The summed E-state index contributed by atoms with van der Waals surface area (Å²) in [5.41, 5.74) is 1.01. The van der Waals surface area contributed by atoms with Crippen LogP contribution in [-0.4, -0.2) is 25.4 Å². The van der Waals surface area contributed by atoms with Gasteiger partial charge in [0, 0.05) is 23.5 Å². The van der Waals surface area contributed by atoms with Gasteiger partial charge in [-0.1, -0.05) is 20.8 Å². The molecule has 0 unspecified atom stereocenters. The van der Waals surface area contributed by atoms with E-state index in [1.807, 2.05) is 20.8 Å². The normalized spacial score (nSPS) is 11.9. The summed E-state index contributed by atoms with van der Waals surface area (Å²) in [5.74, 6) is -0.460. The standard InChI is InChI=1S/C11H13N3O2/c1-11(2,3)8-5-13-10-12-4-7(9(15)16)6-14(8)10/h4-6H,1-3H3,(H,15,16). The minimum Gasteiger partial charge on any atom is -0.478 e. The highest BCUT2D eigenvalue weighted by Gasteiger charge is 2.19. The molecule has 5 nitrogen and oxygen atoms in total. The summed E-state index contributed by atoms with van der Waals surface area (Å²) in [6.45, 7) is 6.14. The van der Waals surface area contributed by atoms with Crippen LogP contribution in [0.25, 0.3) is 5.78 Å². The van der Waals surface area contributed by atoms with E-state index in [4.69, 9.17) is 5.11 Å². The molecule has 2 aromatic rings. The molecule has 0 radical (unpaired) electrons. The Kier molecular flexibility index (Phi) is 2.18. The second-order valence-corrected chi connectivity index (χ2v) is 4.71. The average molecular weight is 219 g/mol. The zero-order chi connectivity index (χ0) is 11.9. The molecule has 0 aliphatic rings. The summed E-state index contributed by atoms with van der Waals surface area (Å²) in [7, 11) is 0. The van der Waals surface area contributed by atoms with Gasteiger partial charge in [-0.05, 0) is 0 Å². The second kappa shape index (κ2) is 3.30. The van der Waals surface area contributed by atoms with Crippen LogP contribution in [-0.2, 0) is 5.41 Å². The summed E-state index contributed by atoms with van der Waals surface area (Å²) < 4.78 is 1.73. The molecule has 0 atom stereocenters. The quantitative estimate of drug-likeness (QED) is 0.793. The van der Waals surface area contributed by atoms with Crippen molar-refractivity contribution in [2.75, 3.05) is 0 Å². The molecule has 0 bridgehead atoms. The maximum atomic E-state index is 10.9. The molecule has 5 heteroatoms. The minimum absolute atomic E-state index is 0.0990. The molecule has 84 valence electrons. The van der Waals surface area contributed by atoms with Crippen molar-refractivity contribution in [3.8, 4) is 0 Å². The van der Waals surface area contributed by atoms with Gasteiger partial charge in [0.05, 0.1) is 11.8 Å². The van der Waals surface area contributed by atoms with Crippen molar-refractivity contribution in [1.29, 1.82) is 0 Å². The number of rotatable bonds is 1. The van der Waals surface area contributed by atoms with Gasteiger partial charge in [-0.25, -0.2) is 14.8 Å². The fraction of sp³-hybridized carbons (Fsp3) is 0.364. The molecule has 2 heterocycles. The lowest BCUT2D eigenvalue weighted by Crippen LogP contribution is -2.15. The van der Waals surface area contributed by atoms with Gasteiger partial charge in [-0.3, -0.25) is 4.40 Å². The molecular weight excluding hydrogens is 206 g/mol. The van der Waals surface area contributed by atoms with E-state index in [0.717, 1.165) is 5.69 Å². The maximum Gasteiger partial charge on any atom is 0.338 e. The molecule has 0 saturated heterocycles. The molecular formula is C11H13N3O2. The van der Waals surface area contributed by atoms with Gasteiger partial charge in [0.1, 0.15) is 0 Å². The fourth-order valence-corrected chi connectivity index (χ4v) is 1.54. The summed E-state index contributed by atoms with van der Waals surface area (Å²) in [6.07, 6.45) is 4.60. The first-order chi connectivity index (χ1) is 7.39. The third-order valence-electron chi connectivity index (χ3n) is 2.38. The molecule has 1 N–H and O–H groups in total. The molecule has 0 saturated carbocycles. The summed E-state index contributed by atoms with van der Waals surface area (Å²) in [6, 6.07) is 0. The largest absolute Gasteiger partial charge is 0.478 e. The SMILES string of the molecule is CC(C)(C)c1cnc2ncc(C(=O)O)cn12. The predicted molar refractivity (Wildman–Crippen MR) is 58.6 cm³/mol. The van der Waals surface area contributed by atoms with Gasteiger partial charge in [0.15, 0.2) is 0 Å². The van der Waals surface area contributed by atoms with Crippen LogP contribution in [0.4, 0.5) is 0 Å². The van der Waals surface area contributed by atoms with Crippen LogP contribution in [0, 0.1) is 0 Å². The zero-order valence-electron chi connectivity index (χ0n) is 9.43. The van der Waals surface area contributed by atoms with E-state index in [1.54, 1.807) is 16.8 Å². The first kappa shape index (κ1) is 10.6. The van der Waals surface area contributed by atoms with Crippen LogP contribution in [0.2, 0.25) is 0 Å². The minimum atomic E-state index is -0.983. The van der Waals surface area contributed by atoms with Gasteiger partial charge >= 0.3 is 5.97 Å². The summed E-state index contributed by atoms with van der Waals surface area (Å²) in [4.78, 5) is 19.0. The number of carbonyl (C=O) groups is 1. The van der Waals surface area contributed by atoms with Crippen molar-refractivity contribution in [1.82, 2.24) is 14.4 Å². The monoisotopic (exact) mass is 219 g/mol. The smallest absolute Gasteiger partial charge is 0.338 e. The fourth-order valence-electron chi connectivity index (χ4n) is 1.54. The lowest BCUT2D eigenvalue weighted by atomic mass is 9.93. The first-order valence-electron chi connectivity index (χ1n) is 4.96. The van der Waals surface area contributed by atoms with E-state index in [9.17, 15) is 4.79 Å². The number of hydrogen-bond acceptors (Lipinski definition) is 3. The molecule has 0 aliphatic carbocycles. The average Bonchev–Trinajstić information content (AvgIpc) is 2.58. The first-order valence-corrected chi connectivity index (χ1v) is 4.96. The zero-order valence-corrected chi connectivity index (χ0v) is 9.43. The number of aromatic carboxylic acids is 1. The lowest BCUT2D eigenvalue weighted by molar-refractivity contribution is 0.0696. The number of hydrogen-bond donors (Lipinski definition) is 1. The van der Waals surface area contributed by atoms with Gasteiger partial charge in [0.2, 0.25) is 5.78 Å². The van der Waals surface area contributed by atoms with Gasteiger partial charge < -0.3 is 5.11 Å². The Hall–Kier alpha value is -1.91. The topological polar surface area (TPSA) is 67.5 Å². The lowest BCUT2D eigenvalue weighted by Gasteiger charge is -2.17. The van der Waals surface area contributed by atoms with E-state index in [1.165, 1.54) is 6.20 Å². The Morgan fingerprint density at radius 2 is 1.94 bits per heavy atom. The summed E-state index contributed by atoms with van der Waals surface area (Å²) >= 11 is 0. The maximum absolute atomic E-state index is 10.9. The molecule has 2 aromatic heterocycles. The highest BCUT2D eigenvalue weighted by atomic mass is 16.4. The van der Waals surface area contributed by atoms with Crippen LogP contribution in [0.3, 0.4) is 0 Å². The van der Waals surface area contributed by atoms with Crippen molar-refractivity contribution >= 4 is 11.7 Å². The molecule has 16 heavy (non-hydrogen) atoms. The Morgan fingerprint density at radius 3 is 2.50 bits per heavy atom. The predicted octanol–water partition coefficient (Wildman–Crippen LogP) is 1.72. The van der Waals surface area contributed by atoms with Crippen LogP contribution < -0.4 is 0 Å². The molecule has 0 amide bonds. The van der Waals surface area contributed by atoms with E-state index in [2.05, 4.69) is 9.97 Å². The van der Waals surface area contributed by atoms with Crippen molar-refractivity contribution in [2.24, 2.45) is 0 Å². The Bertz CT molecular complexity index is 552. The highest BCUT2D eigenvalue weighted by Crippen LogP contribution is 2.22. The van der Waals surface area contributed by atoms with Crippen molar-refractivity contribution in [3.05, 3.63) is 29.8 Å². The Balaban J connectivity index is 2.70. The van der Waals surface area contributed by atoms with Crippen LogP contribution in [0.5, 0.6) is 0 Å². The molecule has 0 aromatic carbocycles. The Labute approximate surface area is 92.8 Å². The van der Waals surface area contributed by atoms with Crippen molar-refractivity contribution < 1.29 is 9.90 Å². The number of imidazole rings is 1. The molecule has 0 aliphatic heterocycles. The third kappa shape index (κ3) is 1.64. The number of carboxylic acid groups (broad SMARTS) is 1. The number of carboxylic acids is 1. The van der Waals surface area contributed by atoms with E-state index in [0.29, 0.717) is 5.78 Å². The number of nitrogens with zero attached hydrogens (tertiary/aromatic N) is 3. The molecule has 0 fully saturated rings. The number of fused-ring (bicyclic) bond motifs is 1. The van der Waals surface area contributed by atoms with E-state index in [-0.39, 0.29) is 11.0 Å². The Morgan fingerprint density at radius 1 is 1.31 bits per heavy atom. The van der Waals surface area contributed by atoms with Crippen molar-refractivity contribution in [3.63, 3.8) is 0 Å². The van der Waals surface area contributed by atoms with Crippen LogP contribution >= 0.6 is 0 Å². The van der Waals surface area contributed by atoms with Gasteiger partial charge in [0.25, 0.3) is 0 Å². The highest BCUT2D eigenvalue weighted by molar-refractivity contribution is 5.87. The van der Waals surface area contributed by atoms with Crippen LogP contribution in [0.1, 0.15) is 36.8 Å². The third-order valence-corrected chi connectivity index (χ3v) is 2.38. The molecule has 0 spiro atoms. The molecule has 2 rings (SSSR count). The van der Waals surface area contributed by atoms with Gasteiger partial charge in [-0.15, -0.1) is 0 Å². The van der Waals surface area contributed by atoms with E-state index < -0.39 is 5.97 Å². The van der Waals surface area contributed by atoms with E-state index >= 15 is 0 Å². The summed E-state index contributed by atoms with van der Waals surface area (Å²) in [5, 5.41) is 8.90. The number of aromatic nitrogens is 3. The second-order valence-electron chi connectivity index (χ2n) is 4.71. The van der Waals surface area contributed by atoms with Crippen molar-refractivity contribution in [2.45, 2.75) is 26.2 Å².